The Morgan fingerprint density at radius 3 is 2.50 bits per heavy atom. The molecule has 3 aliphatic rings. The van der Waals surface area contributed by atoms with Gasteiger partial charge in [0.05, 0.1) is 23.5 Å². The van der Waals surface area contributed by atoms with Gasteiger partial charge in [-0.2, -0.15) is 5.26 Å². The van der Waals surface area contributed by atoms with E-state index in [1.807, 2.05) is 6.92 Å². The van der Waals surface area contributed by atoms with Crippen LogP contribution in [0, 0.1) is 22.2 Å². The monoisotopic (exact) mass is 221 g/mol. The van der Waals surface area contributed by atoms with E-state index in [0.29, 0.717) is 6.61 Å². The Bertz CT molecular complexity index is 321. The van der Waals surface area contributed by atoms with Crippen molar-refractivity contribution in [3.8, 4) is 6.07 Å². The lowest BCUT2D eigenvalue weighted by Crippen LogP contribution is -2.37. The van der Waals surface area contributed by atoms with Crippen LogP contribution in [0.3, 0.4) is 0 Å². The van der Waals surface area contributed by atoms with Crippen LogP contribution in [0.4, 0.5) is 0 Å². The highest BCUT2D eigenvalue weighted by molar-refractivity contribution is 5.77. The summed E-state index contributed by atoms with van der Waals surface area (Å²) in [7, 11) is 0. The number of esters is 1. The average Bonchev–Trinajstić information content (AvgIpc) is 2.61. The third-order valence-electron chi connectivity index (χ3n) is 4.42. The molecule has 0 spiro atoms. The summed E-state index contributed by atoms with van der Waals surface area (Å²) in [6, 6.07) is 2.48. The predicted octanol–water partition coefficient (Wildman–Crippen LogP) is 2.80. The molecule has 0 saturated heterocycles. The predicted molar refractivity (Wildman–Crippen MR) is 59.4 cm³/mol. The van der Waals surface area contributed by atoms with Gasteiger partial charge in [0.15, 0.2) is 0 Å². The fourth-order valence-electron chi connectivity index (χ4n) is 3.23. The maximum Gasteiger partial charge on any atom is 0.312 e. The number of hydrogen-bond acceptors (Lipinski definition) is 3. The first-order valence-corrected chi connectivity index (χ1v) is 6.25. The van der Waals surface area contributed by atoms with E-state index in [-0.39, 0.29) is 16.8 Å². The molecule has 0 aliphatic heterocycles. The van der Waals surface area contributed by atoms with Crippen molar-refractivity contribution in [1.29, 1.82) is 5.26 Å². The molecule has 0 atom stereocenters. The Hall–Kier alpha value is -1.04. The Kier molecular flexibility index (Phi) is 2.92. The van der Waals surface area contributed by atoms with Crippen LogP contribution in [0.15, 0.2) is 0 Å². The first kappa shape index (κ1) is 11.4. The third kappa shape index (κ3) is 1.71. The molecule has 0 heterocycles. The molecule has 3 heteroatoms. The van der Waals surface area contributed by atoms with Gasteiger partial charge in [0.1, 0.15) is 0 Å². The van der Waals surface area contributed by atoms with Gasteiger partial charge in [0, 0.05) is 0 Å². The standard InChI is InChI=1S/C13H19NO2/c1-2-16-11(15)13-5-3-4-12(10-14,6-8-13)7-9-13/h2-9H2,1H3. The van der Waals surface area contributed by atoms with Gasteiger partial charge < -0.3 is 4.74 Å². The van der Waals surface area contributed by atoms with Crippen LogP contribution < -0.4 is 0 Å². The van der Waals surface area contributed by atoms with Crippen molar-refractivity contribution in [3.63, 3.8) is 0 Å². The van der Waals surface area contributed by atoms with Crippen LogP contribution in [0.2, 0.25) is 0 Å². The van der Waals surface area contributed by atoms with Crippen LogP contribution in [0.1, 0.15) is 51.9 Å². The molecule has 3 nitrogen and oxygen atoms in total. The van der Waals surface area contributed by atoms with E-state index < -0.39 is 0 Å². The SMILES string of the molecule is CCOC(=O)C12CCCC(C#N)(CC1)CC2. The fraction of sp³-hybridized carbons (Fsp3) is 0.846. The zero-order valence-electron chi connectivity index (χ0n) is 9.92. The van der Waals surface area contributed by atoms with E-state index in [9.17, 15) is 10.1 Å². The summed E-state index contributed by atoms with van der Waals surface area (Å²) < 4.78 is 5.20. The molecular formula is C13H19NO2. The number of carbonyl (C=O) groups excluding carboxylic acids is 1. The molecule has 3 aliphatic carbocycles. The number of nitrogens with zero attached hydrogens (tertiary/aromatic N) is 1. The topological polar surface area (TPSA) is 50.1 Å². The summed E-state index contributed by atoms with van der Waals surface area (Å²) >= 11 is 0. The van der Waals surface area contributed by atoms with Crippen molar-refractivity contribution in [2.75, 3.05) is 6.61 Å². The molecule has 16 heavy (non-hydrogen) atoms. The molecule has 0 unspecified atom stereocenters. The second kappa shape index (κ2) is 4.08. The van der Waals surface area contributed by atoms with Crippen LogP contribution >= 0.6 is 0 Å². The quantitative estimate of drug-likeness (QED) is 0.674. The largest absolute Gasteiger partial charge is 0.466 e. The molecule has 0 aromatic heterocycles. The first-order valence-electron chi connectivity index (χ1n) is 6.25. The van der Waals surface area contributed by atoms with Crippen molar-refractivity contribution in [3.05, 3.63) is 0 Å². The summed E-state index contributed by atoms with van der Waals surface area (Å²) in [5.74, 6) is -0.0246. The maximum absolute atomic E-state index is 12.0. The maximum atomic E-state index is 12.0. The molecule has 3 rings (SSSR count). The van der Waals surface area contributed by atoms with Crippen LogP contribution in [-0.2, 0) is 9.53 Å². The van der Waals surface area contributed by atoms with Gasteiger partial charge in [0.2, 0.25) is 0 Å². The molecule has 3 saturated carbocycles. The molecular weight excluding hydrogens is 202 g/mol. The molecule has 88 valence electrons. The Morgan fingerprint density at radius 2 is 1.94 bits per heavy atom. The van der Waals surface area contributed by atoms with Crippen LogP contribution in [0.5, 0.6) is 0 Å². The van der Waals surface area contributed by atoms with Crippen LogP contribution in [0.25, 0.3) is 0 Å². The summed E-state index contributed by atoms with van der Waals surface area (Å²) in [6.07, 6.45) is 6.32. The number of nitriles is 1. The molecule has 0 radical (unpaired) electrons. The smallest absolute Gasteiger partial charge is 0.312 e. The van der Waals surface area contributed by atoms with Crippen molar-refractivity contribution in [2.45, 2.75) is 51.9 Å². The van der Waals surface area contributed by atoms with Crippen LogP contribution in [-0.4, -0.2) is 12.6 Å². The van der Waals surface area contributed by atoms with Crippen molar-refractivity contribution in [1.82, 2.24) is 0 Å². The van der Waals surface area contributed by atoms with Gasteiger partial charge in [0.25, 0.3) is 0 Å². The minimum atomic E-state index is -0.257. The van der Waals surface area contributed by atoms with Crippen molar-refractivity contribution in [2.24, 2.45) is 10.8 Å². The summed E-state index contributed by atoms with van der Waals surface area (Å²) in [5, 5.41) is 9.25. The molecule has 0 N–H and O–H groups in total. The zero-order chi connectivity index (χ0) is 11.6. The Morgan fingerprint density at radius 1 is 1.25 bits per heavy atom. The molecule has 0 aromatic carbocycles. The summed E-state index contributed by atoms with van der Waals surface area (Å²) in [6.45, 7) is 2.32. The molecule has 2 bridgehead atoms. The zero-order valence-corrected chi connectivity index (χ0v) is 9.92. The molecule has 3 fully saturated rings. The van der Waals surface area contributed by atoms with E-state index in [0.717, 1.165) is 44.9 Å². The fourth-order valence-corrected chi connectivity index (χ4v) is 3.23. The minimum absolute atomic E-state index is 0.0246. The van der Waals surface area contributed by atoms with E-state index in [1.54, 1.807) is 0 Å². The first-order chi connectivity index (χ1) is 7.66. The molecule has 0 amide bonds. The number of fused-ring (bicyclic) bond motifs is 4. The van der Waals surface area contributed by atoms with Gasteiger partial charge in [-0.05, 0) is 45.4 Å². The Balaban J connectivity index is 2.16. The highest BCUT2D eigenvalue weighted by Gasteiger charge is 2.50. The summed E-state index contributed by atoms with van der Waals surface area (Å²) in [5.41, 5.74) is -0.390. The van der Waals surface area contributed by atoms with Crippen molar-refractivity contribution >= 4 is 5.97 Å². The second-order valence-corrected chi connectivity index (χ2v) is 5.25. The highest BCUT2D eigenvalue weighted by atomic mass is 16.5. The van der Waals surface area contributed by atoms with Gasteiger partial charge in [-0.15, -0.1) is 0 Å². The van der Waals surface area contributed by atoms with E-state index in [2.05, 4.69) is 6.07 Å². The second-order valence-electron chi connectivity index (χ2n) is 5.25. The third-order valence-corrected chi connectivity index (χ3v) is 4.42. The lowest BCUT2D eigenvalue weighted by Gasteiger charge is -2.37. The lowest BCUT2D eigenvalue weighted by molar-refractivity contribution is -0.158. The number of hydrogen-bond donors (Lipinski definition) is 0. The van der Waals surface area contributed by atoms with E-state index in [4.69, 9.17) is 4.74 Å². The Labute approximate surface area is 96.8 Å². The van der Waals surface area contributed by atoms with Gasteiger partial charge in [-0.1, -0.05) is 6.42 Å². The summed E-state index contributed by atoms with van der Waals surface area (Å²) in [4.78, 5) is 12.0. The lowest BCUT2D eigenvalue weighted by atomic mass is 9.66. The van der Waals surface area contributed by atoms with Crippen molar-refractivity contribution < 1.29 is 9.53 Å². The van der Waals surface area contributed by atoms with Gasteiger partial charge in [-0.25, -0.2) is 0 Å². The number of ether oxygens (including phenoxy) is 1. The van der Waals surface area contributed by atoms with E-state index in [1.165, 1.54) is 0 Å². The van der Waals surface area contributed by atoms with E-state index >= 15 is 0 Å². The van der Waals surface area contributed by atoms with Gasteiger partial charge >= 0.3 is 5.97 Å². The minimum Gasteiger partial charge on any atom is -0.466 e. The highest BCUT2D eigenvalue weighted by Crippen LogP contribution is 2.54. The van der Waals surface area contributed by atoms with Gasteiger partial charge in [-0.3, -0.25) is 4.79 Å². The average molecular weight is 221 g/mol. The number of carbonyl (C=O) groups is 1. The number of rotatable bonds is 2. The normalized spacial score (nSPS) is 37.5. The molecule has 0 aromatic rings.